The zero-order valence-electron chi connectivity index (χ0n) is 14.3. The number of piperidine rings is 1. The highest BCUT2D eigenvalue weighted by Crippen LogP contribution is 2.32. The molecule has 2 heterocycles. The molecule has 0 bridgehead atoms. The third-order valence-electron chi connectivity index (χ3n) is 4.29. The summed E-state index contributed by atoms with van der Waals surface area (Å²) in [5.74, 6) is -2.77. The van der Waals surface area contributed by atoms with E-state index in [-0.39, 0.29) is 18.3 Å². The maximum absolute atomic E-state index is 12.7. The maximum Gasteiger partial charge on any atom is 0.470 e. The van der Waals surface area contributed by atoms with Gasteiger partial charge in [-0.2, -0.15) is 13.2 Å². The first-order valence-corrected chi connectivity index (χ1v) is 8.18. The summed E-state index contributed by atoms with van der Waals surface area (Å²) in [6, 6.07) is 5.97. The van der Waals surface area contributed by atoms with E-state index in [9.17, 15) is 22.8 Å². The number of halogens is 3. The molecule has 0 spiro atoms. The Morgan fingerprint density at radius 3 is 2.44 bits per heavy atom. The van der Waals surface area contributed by atoms with Crippen molar-refractivity contribution >= 4 is 11.9 Å². The van der Waals surface area contributed by atoms with Gasteiger partial charge in [-0.15, -0.1) is 10.2 Å². The fraction of sp³-hybridized carbons (Fsp3) is 0.412. The van der Waals surface area contributed by atoms with Crippen LogP contribution in [-0.2, 0) is 10.9 Å². The van der Waals surface area contributed by atoms with E-state index >= 15 is 0 Å². The van der Waals surface area contributed by atoms with Crippen LogP contribution in [0.5, 0.6) is 0 Å². The number of rotatable bonds is 3. The lowest BCUT2D eigenvalue weighted by Gasteiger charge is -2.31. The largest absolute Gasteiger partial charge is 0.470 e. The predicted molar refractivity (Wildman–Crippen MR) is 85.0 cm³/mol. The highest BCUT2D eigenvalue weighted by molar-refractivity contribution is 5.96. The van der Waals surface area contributed by atoms with Crippen molar-refractivity contribution < 1.29 is 31.9 Å². The first kappa shape index (κ1) is 18.9. The molecule has 1 aliphatic heterocycles. The van der Waals surface area contributed by atoms with Gasteiger partial charge in [0, 0.05) is 18.7 Å². The number of hydrogen-bond donors (Lipinski definition) is 0. The molecule has 2 aromatic rings. The number of methoxy groups -OCH3 is 1. The summed E-state index contributed by atoms with van der Waals surface area (Å²) in [7, 11) is 1.26. The van der Waals surface area contributed by atoms with Gasteiger partial charge in [-0.3, -0.25) is 4.79 Å². The molecular weight excluding hydrogens is 367 g/mol. The van der Waals surface area contributed by atoms with Gasteiger partial charge in [0.05, 0.1) is 18.6 Å². The fourth-order valence-corrected chi connectivity index (χ4v) is 2.93. The van der Waals surface area contributed by atoms with Crippen molar-refractivity contribution in [2.75, 3.05) is 20.2 Å². The van der Waals surface area contributed by atoms with Crippen LogP contribution >= 0.6 is 0 Å². The Kier molecular flexibility index (Phi) is 5.15. The van der Waals surface area contributed by atoms with E-state index in [2.05, 4.69) is 14.9 Å². The van der Waals surface area contributed by atoms with Gasteiger partial charge >= 0.3 is 18.0 Å². The van der Waals surface area contributed by atoms with E-state index in [1.54, 1.807) is 0 Å². The maximum atomic E-state index is 12.7. The molecule has 7 nitrogen and oxygen atoms in total. The molecule has 10 heteroatoms. The number of hydrogen-bond acceptors (Lipinski definition) is 6. The van der Waals surface area contributed by atoms with Gasteiger partial charge in [0.2, 0.25) is 5.89 Å². The van der Waals surface area contributed by atoms with Gasteiger partial charge in [0.25, 0.3) is 5.91 Å². The smallest absolute Gasteiger partial charge is 0.465 e. The number of benzene rings is 1. The lowest BCUT2D eigenvalue weighted by molar-refractivity contribution is -0.157. The molecule has 0 N–H and O–H groups in total. The van der Waals surface area contributed by atoms with Crippen LogP contribution in [-0.4, -0.2) is 47.2 Å². The summed E-state index contributed by atoms with van der Waals surface area (Å²) in [5.41, 5.74) is 0.681. The summed E-state index contributed by atoms with van der Waals surface area (Å²) in [6.07, 6.45) is -3.55. The zero-order valence-corrected chi connectivity index (χ0v) is 14.3. The van der Waals surface area contributed by atoms with Gasteiger partial charge in [-0.1, -0.05) is 0 Å². The predicted octanol–water partition coefficient (Wildman–Crippen LogP) is 2.89. The van der Waals surface area contributed by atoms with Crippen molar-refractivity contribution in [1.29, 1.82) is 0 Å². The Morgan fingerprint density at radius 1 is 1.19 bits per heavy atom. The summed E-state index contributed by atoms with van der Waals surface area (Å²) in [6.45, 7) is 0.644. The third-order valence-corrected chi connectivity index (χ3v) is 4.29. The molecule has 1 aliphatic rings. The quantitative estimate of drug-likeness (QED) is 0.758. The number of amides is 1. The monoisotopic (exact) mass is 383 g/mol. The molecule has 1 aromatic heterocycles. The molecule has 27 heavy (non-hydrogen) atoms. The Labute approximate surface area is 152 Å². The van der Waals surface area contributed by atoms with Crippen LogP contribution in [0.2, 0.25) is 0 Å². The third kappa shape index (κ3) is 4.09. The van der Waals surface area contributed by atoms with Gasteiger partial charge < -0.3 is 14.1 Å². The van der Waals surface area contributed by atoms with Crippen LogP contribution in [0.3, 0.4) is 0 Å². The number of alkyl halides is 3. The average molecular weight is 383 g/mol. The number of aromatic nitrogens is 2. The van der Waals surface area contributed by atoms with Crippen LogP contribution in [0.1, 0.15) is 51.3 Å². The van der Waals surface area contributed by atoms with E-state index in [4.69, 9.17) is 4.42 Å². The Morgan fingerprint density at radius 2 is 1.85 bits per heavy atom. The highest BCUT2D eigenvalue weighted by Gasteiger charge is 2.39. The molecule has 0 aliphatic carbocycles. The molecule has 1 fully saturated rings. The van der Waals surface area contributed by atoms with Crippen molar-refractivity contribution in [3.63, 3.8) is 0 Å². The molecule has 0 saturated carbocycles. The topological polar surface area (TPSA) is 85.5 Å². The normalized spacial score (nSPS) is 17.6. The van der Waals surface area contributed by atoms with Gasteiger partial charge in [-0.25, -0.2) is 4.79 Å². The average Bonchev–Trinajstić information content (AvgIpc) is 3.18. The van der Waals surface area contributed by atoms with Crippen LogP contribution in [0.25, 0.3) is 0 Å². The number of nitrogens with zero attached hydrogens (tertiary/aromatic N) is 3. The van der Waals surface area contributed by atoms with Crippen LogP contribution in [0.4, 0.5) is 13.2 Å². The minimum atomic E-state index is -4.70. The summed E-state index contributed by atoms with van der Waals surface area (Å²) in [5, 5.41) is 6.52. The number of ether oxygens (including phenoxy) is 1. The van der Waals surface area contributed by atoms with E-state index in [0.717, 1.165) is 0 Å². The summed E-state index contributed by atoms with van der Waals surface area (Å²) in [4.78, 5) is 25.6. The van der Waals surface area contributed by atoms with Crippen molar-refractivity contribution in [1.82, 2.24) is 15.1 Å². The van der Waals surface area contributed by atoms with Gasteiger partial charge in [0.1, 0.15) is 0 Å². The molecule has 1 atom stereocenters. The summed E-state index contributed by atoms with van der Waals surface area (Å²) >= 11 is 0. The number of carbonyl (C=O) groups is 2. The van der Waals surface area contributed by atoms with E-state index in [1.165, 1.54) is 36.3 Å². The molecule has 1 aromatic carbocycles. The van der Waals surface area contributed by atoms with Gasteiger partial charge in [-0.05, 0) is 37.1 Å². The highest BCUT2D eigenvalue weighted by atomic mass is 19.4. The van der Waals surface area contributed by atoms with Crippen LogP contribution in [0, 0.1) is 0 Å². The SMILES string of the molecule is COC(=O)c1ccc(C(=O)N2CCC[C@@H](c3nnc(C(F)(F)F)o3)C2)cc1. The molecule has 0 unspecified atom stereocenters. The number of esters is 1. The van der Waals surface area contributed by atoms with Crippen LogP contribution in [0.15, 0.2) is 28.7 Å². The standard InChI is InChI=1S/C17H16F3N3O4/c1-26-15(25)11-6-4-10(5-7-11)14(24)23-8-2-3-12(9-23)13-21-22-16(27-13)17(18,19)20/h4-7,12H,2-3,8-9H2,1H3/t12-/m1/s1. The number of likely N-dealkylation sites (tertiary alicyclic amines) is 1. The second kappa shape index (κ2) is 7.37. The van der Waals surface area contributed by atoms with Crippen molar-refractivity contribution in [3.8, 4) is 0 Å². The molecule has 1 saturated heterocycles. The van der Waals surface area contributed by atoms with E-state index in [1.807, 2.05) is 0 Å². The number of carbonyl (C=O) groups excluding carboxylic acids is 2. The Hall–Kier alpha value is -2.91. The molecular formula is C17H16F3N3O4. The second-order valence-corrected chi connectivity index (χ2v) is 6.10. The first-order valence-electron chi connectivity index (χ1n) is 8.18. The first-order chi connectivity index (χ1) is 12.8. The van der Waals surface area contributed by atoms with Crippen LogP contribution < -0.4 is 0 Å². The van der Waals surface area contributed by atoms with E-state index < -0.39 is 24.0 Å². The molecule has 1 amide bonds. The second-order valence-electron chi connectivity index (χ2n) is 6.10. The summed E-state index contributed by atoms with van der Waals surface area (Å²) < 4.78 is 47.2. The molecule has 144 valence electrons. The molecule has 0 radical (unpaired) electrons. The van der Waals surface area contributed by atoms with Crippen molar-refractivity contribution in [2.24, 2.45) is 0 Å². The lowest BCUT2D eigenvalue weighted by Crippen LogP contribution is -2.39. The minimum Gasteiger partial charge on any atom is -0.465 e. The Balaban J connectivity index is 1.71. The van der Waals surface area contributed by atoms with E-state index in [0.29, 0.717) is 30.5 Å². The van der Waals surface area contributed by atoms with Crippen molar-refractivity contribution in [2.45, 2.75) is 24.9 Å². The minimum absolute atomic E-state index is 0.124. The van der Waals surface area contributed by atoms with Gasteiger partial charge in [0.15, 0.2) is 0 Å². The fourth-order valence-electron chi connectivity index (χ4n) is 2.93. The zero-order chi connectivity index (χ0) is 19.6. The Bertz CT molecular complexity index is 833. The lowest BCUT2D eigenvalue weighted by atomic mass is 9.97. The molecule has 3 rings (SSSR count). The van der Waals surface area contributed by atoms with Crippen molar-refractivity contribution in [3.05, 3.63) is 47.2 Å².